The zero-order valence-corrected chi connectivity index (χ0v) is 16.2. The van der Waals surface area contributed by atoms with Crippen LogP contribution in [0.2, 0.25) is 0 Å². The smallest absolute Gasteiger partial charge is 0.317 e. The lowest BCUT2D eigenvalue weighted by atomic mass is 10.0. The molecule has 0 aliphatic carbocycles. The maximum atomic E-state index is 12.5. The van der Waals surface area contributed by atoms with Crippen LogP contribution in [0.25, 0.3) is 21.7 Å². The van der Waals surface area contributed by atoms with Gasteiger partial charge in [-0.1, -0.05) is 35.9 Å². The SMILES string of the molecule is Cc1ccc(S(=O)(=O)ONc2c(C)oc3ccc4cc(CO)ccc4c23)cc1. The van der Waals surface area contributed by atoms with E-state index in [4.69, 9.17) is 8.70 Å². The number of hydrogen-bond donors (Lipinski definition) is 2. The van der Waals surface area contributed by atoms with Crippen LogP contribution in [0.15, 0.2) is 63.9 Å². The third kappa shape index (κ3) is 3.24. The van der Waals surface area contributed by atoms with Crippen LogP contribution in [0.3, 0.4) is 0 Å². The third-order valence-electron chi connectivity index (χ3n) is 4.66. The van der Waals surface area contributed by atoms with E-state index in [0.717, 1.165) is 27.3 Å². The Hall–Kier alpha value is -2.87. The summed E-state index contributed by atoms with van der Waals surface area (Å²) in [6, 6.07) is 15.7. The van der Waals surface area contributed by atoms with E-state index >= 15 is 0 Å². The van der Waals surface area contributed by atoms with Crippen LogP contribution in [-0.2, 0) is 21.0 Å². The van der Waals surface area contributed by atoms with Gasteiger partial charge in [-0.05, 0) is 54.4 Å². The second-order valence-corrected chi connectivity index (χ2v) is 8.18. The molecule has 0 radical (unpaired) electrons. The molecule has 3 aromatic carbocycles. The Balaban J connectivity index is 1.75. The van der Waals surface area contributed by atoms with Gasteiger partial charge in [0.1, 0.15) is 17.0 Å². The summed E-state index contributed by atoms with van der Waals surface area (Å²) < 4.78 is 35.8. The number of fused-ring (bicyclic) bond motifs is 3. The predicted octanol–water partition coefficient (Wildman–Crippen LogP) is 4.43. The van der Waals surface area contributed by atoms with Crippen molar-refractivity contribution in [3.63, 3.8) is 0 Å². The van der Waals surface area contributed by atoms with Crippen LogP contribution in [0.4, 0.5) is 5.69 Å². The monoisotopic (exact) mass is 397 g/mol. The van der Waals surface area contributed by atoms with Gasteiger partial charge in [-0.15, -0.1) is 4.28 Å². The van der Waals surface area contributed by atoms with E-state index in [0.29, 0.717) is 17.0 Å². The van der Waals surface area contributed by atoms with Crippen LogP contribution >= 0.6 is 0 Å². The van der Waals surface area contributed by atoms with E-state index in [1.807, 2.05) is 37.3 Å². The fraction of sp³-hybridized carbons (Fsp3) is 0.143. The van der Waals surface area contributed by atoms with Crippen LogP contribution in [0, 0.1) is 13.8 Å². The summed E-state index contributed by atoms with van der Waals surface area (Å²) >= 11 is 0. The normalized spacial score (nSPS) is 12.0. The quantitative estimate of drug-likeness (QED) is 0.485. The molecule has 6 nitrogen and oxygen atoms in total. The predicted molar refractivity (Wildman–Crippen MR) is 107 cm³/mol. The van der Waals surface area contributed by atoms with Crippen molar-refractivity contribution in [2.24, 2.45) is 0 Å². The standard InChI is InChI=1S/C21H19NO5S/c1-13-3-7-17(8-4-13)28(24,25)27-22-21-14(2)26-19-10-6-16-11-15(12-23)5-9-18(16)20(19)21/h3-11,22-23H,12H2,1-2H3. The first kappa shape index (κ1) is 18.5. The summed E-state index contributed by atoms with van der Waals surface area (Å²) in [5.41, 5.74) is 5.39. The van der Waals surface area contributed by atoms with E-state index in [-0.39, 0.29) is 11.5 Å². The van der Waals surface area contributed by atoms with E-state index in [1.165, 1.54) is 12.1 Å². The fourth-order valence-electron chi connectivity index (χ4n) is 3.17. The Labute approximate surface area is 162 Å². The summed E-state index contributed by atoms with van der Waals surface area (Å²) in [7, 11) is -3.99. The molecule has 1 heterocycles. The molecule has 0 amide bonds. The number of benzene rings is 3. The van der Waals surface area contributed by atoms with Crippen molar-refractivity contribution in [3.05, 3.63) is 71.5 Å². The molecular formula is C21H19NO5S. The van der Waals surface area contributed by atoms with Crippen molar-refractivity contribution in [1.82, 2.24) is 0 Å². The molecular weight excluding hydrogens is 378 g/mol. The Bertz CT molecular complexity index is 1270. The number of aryl methyl sites for hydroxylation is 2. The number of anilines is 1. The second kappa shape index (κ2) is 6.94. The van der Waals surface area contributed by atoms with Crippen molar-refractivity contribution < 1.29 is 22.2 Å². The highest BCUT2D eigenvalue weighted by Gasteiger charge is 2.20. The number of aliphatic hydroxyl groups is 1. The molecule has 1 aromatic heterocycles. The van der Waals surface area contributed by atoms with Gasteiger partial charge in [-0.2, -0.15) is 8.42 Å². The zero-order valence-electron chi connectivity index (χ0n) is 15.4. The number of aliphatic hydroxyl groups excluding tert-OH is 1. The molecule has 144 valence electrons. The molecule has 0 saturated heterocycles. The maximum absolute atomic E-state index is 12.5. The molecule has 0 aliphatic heterocycles. The first-order valence-electron chi connectivity index (χ1n) is 8.71. The average Bonchev–Trinajstić information content (AvgIpc) is 3.01. The summed E-state index contributed by atoms with van der Waals surface area (Å²) in [4.78, 5) is 0.0634. The minimum Gasteiger partial charge on any atom is -0.459 e. The van der Waals surface area contributed by atoms with Gasteiger partial charge < -0.3 is 9.52 Å². The molecule has 0 bridgehead atoms. The van der Waals surface area contributed by atoms with Crippen LogP contribution < -0.4 is 5.48 Å². The first-order chi connectivity index (χ1) is 13.4. The molecule has 0 spiro atoms. The molecule has 4 aromatic rings. The van der Waals surface area contributed by atoms with Gasteiger partial charge in [0.15, 0.2) is 0 Å². The van der Waals surface area contributed by atoms with Crippen LogP contribution in [-0.4, -0.2) is 13.5 Å². The van der Waals surface area contributed by atoms with Crippen molar-refractivity contribution >= 4 is 37.5 Å². The minimum absolute atomic E-state index is 0.0542. The number of furan rings is 1. The van der Waals surface area contributed by atoms with Gasteiger partial charge in [0.2, 0.25) is 0 Å². The third-order valence-corrected chi connectivity index (χ3v) is 5.81. The average molecular weight is 397 g/mol. The van der Waals surface area contributed by atoms with Crippen molar-refractivity contribution in [1.29, 1.82) is 0 Å². The van der Waals surface area contributed by atoms with E-state index in [9.17, 15) is 13.5 Å². The van der Waals surface area contributed by atoms with Gasteiger partial charge >= 0.3 is 10.1 Å². The summed E-state index contributed by atoms with van der Waals surface area (Å²) in [5.74, 6) is 0.507. The van der Waals surface area contributed by atoms with Crippen molar-refractivity contribution in [3.8, 4) is 0 Å². The van der Waals surface area contributed by atoms with E-state index < -0.39 is 10.1 Å². The summed E-state index contributed by atoms with van der Waals surface area (Å²) in [6.45, 7) is 3.56. The second-order valence-electron chi connectivity index (χ2n) is 6.64. The first-order valence-corrected chi connectivity index (χ1v) is 10.1. The van der Waals surface area contributed by atoms with Crippen LogP contribution in [0.5, 0.6) is 0 Å². The molecule has 0 atom stereocenters. The molecule has 0 unspecified atom stereocenters. The Morgan fingerprint density at radius 1 is 1.04 bits per heavy atom. The Morgan fingerprint density at radius 2 is 1.79 bits per heavy atom. The maximum Gasteiger partial charge on any atom is 0.317 e. The minimum atomic E-state index is -3.99. The summed E-state index contributed by atoms with van der Waals surface area (Å²) in [5, 5.41) is 11.8. The van der Waals surface area contributed by atoms with Gasteiger partial charge in [0.05, 0.1) is 16.9 Å². The number of hydrogen-bond acceptors (Lipinski definition) is 6. The Kier molecular flexibility index (Phi) is 4.58. The molecule has 4 rings (SSSR count). The fourth-order valence-corrected chi connectivity index (χ4v) is 3.92. The number of nitrogens with one attached hydrogen (secondary N) is 1. The van der Waals surface area contributed by atoms with Crippen molar-refractivity contribution in [2.45, 2.75) is 25.3 Å². The lowest BCUT2D eigenvalue weighted by Gasteiger charge is -2.09. The highest BCUT2D eigenvalue weighted by Crippen LogP contribution is 2.37. The van der Waals surface area contributed by atoms with Gasteiger partial charge in [-0.3, -0.25) is 0 Å². The van der Waals surface area contributed by atoms with Gasteiger partial charge in [0, 0.05) is 0 Å². The molecule has 7 heteroatoms. The Morgan fingerprint density at radius 3 is 2.50 bits per heavy atom. The van der Waals surface area contributed by atoms with Gasteiger partial charge in [-0.25, -0.2) is 5.48 Å². The highest BCUT2D eigenvalue weighted by atomic mass is 32.2. The molecule has 0 aliphatic rings. The lowest BCUT2D eigenvalue weighted by molar-refractivity contribution is 0.282. The molecule has 0 saturated carbocycles. The summed E-state index contributed by atoms with van der Waals surface area (Å²) in [6.07, 6.45) is 0. The molecule has 28 heavy (non-hydrogen) atoms. The topological polar surface area (TPSA) is 88.8 Å². The van der Waals surface area contributed by atoms with Gasteiger partial charge in [0.25, 0.3) is 0 Å². The zero-order chi connectivity index (χ0) is 19.9. The molecule has 0 fully saturated rings. The van der Waals surface area contributed by atoms with Crippen molar-refractivity contribution in [2.75, 3.05) is 5.48 Å². The van der Waals surface area contributed by atoms with Crippen LogP contribution in [0.1, 0.15) is 16.9 Å². The molecule has 2 N–H and O–H groups in total. The van der Waals surface area contributed by atoms with E-state index in [1.54, 1.807) is 19.1 Å². The highest BCUT2D eigenvalue weighted by molar-refractivity contribution is 7.86. The largest absolute Gasteiger partial charge is 0.459 e. The van der Waals surface area contributed by atoms with E-state index in [2.05, 4.69) is 5.48 Å². The number of rotatable bonds is 5. The lowest BCUT2D eigenvalue weighted by Crippen LogP contribution is -2.12.